The zero-order chi connectivity index (χ0) is 24.5. The Morgan fingerprint density at radius 1 is 1.03 bits per heavy atom. The lowest BCUT2D eigenvalue weighted by Gasteiger charge is -2.41. The molecular weight excluding hydrogens is 463 g/mol. The van der Waals surface area contributed by atoms with Crippen molar-refractivity contribution in [3.63, 3.8) is 0 Å². The molecule has 2 amide bonds. The number of nitrogens with one attached hydrogen (secondary N) is 1. The number of carbonyl (C=O) groups is 2. The van der Waals surface area contributed by atoms with Gasteiger partial charge in [-0.05, 0) is 67.8 Å². The third kappa shape index (κ3) is 4.93. The van der Waals surface area contributed by atoms with Gasteiger partial charge in [0.2, 0.25) is 5.91 Å². The van der Waals surface area contributed by atoms with Crippen molar-refractivity contribution in [1.29, 1.82) is 0 Å². The molecule has 2 N–H and O–H groups in total. The molecule has 1 fully saturated rings. The largest absolute Gasteiger partial charge is 0.464 e. The van der Waals surface area contributed by atoms with Gasteiger partial charge in [0.25, 0.3) is 10.0 Å². The van der Waals surface area contributed by atoms with Gasteiger partial charge in [0, 0.05) is 44.1 Å². The summed E-state index contributed by atoms with van der Waals surface area (Å²) in [6.45, 7) is 4.84. The molecule has 2 aliphatic rings. The summed E-state index contributed by atoms with van der Waals surface area (Å²) in [6.07, 6.45) is 0.0323. The van der Waals surface area contributed by atoms with Crippen LogP contribution < -0.4 is 14.5 Å². The third-order valence-corrected chi connectivity index (χ3v) is 7.68. The first-order valence-corrected chi connectivity index (χ1v) is 12.6. The molecule has 1 atom stereocenters. The van der Waals surface area contributed by atoms with Crippen molar-refractivity contribution in [2.24, 2.45) is 0 Å². The maximum Gasteiger partial charge on any atom is 0.418 e. The fraction of sp³-hybridized carbons (Fsp3) is 0.391. The lowest BCUT2D eigenvalue weighted by molar-refractivity contribution is -0.132. The van der Waals surface area contributed by atoms with Gasteiger partial charge in [0.1, 0.15) is 11.9 Å². The minimum atomic E-state index is -4.12. The highest BCUT2D eigenvalue weighted by molar-refractivity contribution is 7.90. The molecule has 0 aromatic heterocycles. The predicted molar refractivity (Wildman–Crippen MR) is 125 cm³/mol. The molecular formula is C23H27FN4O5S. The molecule has 2 aliphatic heterocycles. The Morgan fingerprint density at radius 2 is 1.71 bits per heavy atom. The van der Waals surface area contributed by atoms with Crippen LogP contribution in [0.1, 0.15) is 18.9 Å². The Labute approximate surface area is 197 Å². The Hall–Kier alpha value is -3.34. The molecule has 4 rings (SSSR count). The maximum absolute atomic E-state index is 13.6. The molecule has 1 saturated heterocycles. The average Bonchev–Trinajstić information content (AvgIpc) is 2.82. The van der Waals surface area contributed by atoms with Gasteiger partial charge in [-0.25, -0.2) is 22.3 Å². The van der Waals surface area contributed by atoms with Gasteiger partial charge in [-0.1, -0.05) is 0 Å². The van der Waals surface area contributed by atoms with Crippen LogP contribution in [0.4, 0.5) is 20.6 Å². The van der Waals surface area contributed by atoms with E-state index in [-0.39, 0.29) is 22.7 Å². The highest BCUT2D eigenvalue weighted by Gasteiger charge is 2.31. The van der Waals surface area contributed by atoms with Crippen molar-refractivity contribution < 1.29 is 27.5 Å². The van der Waals surface area contributed by atoms with E-state index in [2.05, 4.69) is 9.80 Å². The number of amides is 2. The molecule has 2 aromatic carbocycles. The van der Waals surface area contributed by atoms with E-state index in [0.29, 0.717) is 26.2 Å². The van der Waals surface area contributed by atoms with Gasteiger partial charge >= 0.3 is 6.09 Å². The van der Waals surface area contributed by atoms with Gasteiger partial charge < -0.3 is 19.8 Å². The van der Waals surface area contributed by atoms with Crippen LogP contribution in [0.5, 0.6) is 0 Å². The summed E-state index contributed by atoms with van der Waals surface area (Å²) in [6, 6.07) is 10.3. The minimum absolute atomic E-state index is 0.0259. The molecule has 0 bridgehead atoms. The SMILES string of the molecule is CC(C(=O)N1CCN(c2ccc(S(=O)(=O)NC(=O)O)cc2)CC1)N1CCCc2cc(F)ccc21. The van der Waals surface area contributed by atoms with E-state index in [1.165, 1.54) is 22.9 Å². The lowest BCUT2D eigenvalue weighted by Crippen LogP contribution is -2.55. The van der Waals surface area contributed by atoms with E-state index in [4.69, 9.17) is 5.11 Å². The standard InChI is InChI=1S/C23H27FN4O5S/c1-16(28-10-2-3-17-15-18(24)4-9-21(17)28)22(29)27-13-11-26(12-14-27)19-5-7-20(8-6-19)34(32,33)25-23(30)31/h4-9,15-16,25H,2-3,10-14H2,1H3,(H,30,31). The number of fused-ring (bicyclic) bond motifs is 1. The highest BCUT2D eigenvalue weighted by Crippen LogP contribution is 2.30. The number of rotatable bonds is 5. The first-order chi connectivity index (χ1) is 16.2. The molecule has 1 unspecified atom stereocenters. The van der Waals surface area contributed by atoms with Gasteiger partial charge in [0.15, 0.2) is 0 Å². The quantitative estimate of drug-likeness (QED) is 0.662. The Bertz CT molecular complexity index is 1180. The van der Waals surface area contributed by atoms with Gasteiger partial charge in [-0.3, -0.25) is 4.79 Å². The van der Waals surface area contributed by atoms with E-state index >= 15 is 0 Å². The van der Waals surface area contributed by atoms with Crippen molar-refractivity contribution in [2.45, 2.75) is 30.7 Å². The monoisotopic (exact) mass is 490 g/mol. The molecule has 2 aromatic rings. The second kappa shape index (κ2) is 9.49. The smallest absolute Gasteiger partial charge is 0.418 e. The van der Waals surface area contributed by atoms with Crippen LogP contribution in [-0.4, -0.2) is 69.2 Å². The number of piperazine rings is 1. The average molecular weight is 491 g/mol. The van der Waals surface area contributed by atoms with Crippen LogP contribution >= 0.6 is 0 Å². The second-order valence-corrected chi connectivity index (χ2v) is 10.1. The van der Waals surface area contributed by atoms with Crippen LogP contribution in [0.25, 0.3) is 0 Å². The van der Waals surface area contributed by atoms with Gasteiger partial charge in [-0.15, -0.1) is 0 Å². The van der Waals surface area contributed by atoms with Crippen molar-refractivity contribution in [3.8, 4) is 0 Å². The number of aryl methyl sites for hydroxylation is 1. The number of sulfonamides is 1. The Kier molecular flexibility index (Phi) is 6.65. The zero-order valence-electron chi connectivity index (χ0n) is 18.8. The first-order valence-electron chi connectivity index (χ1n) is 11.1. The van der Waals surface area contributed by atoms with E-state index in [1.54, 1.807) is 24.3 Å². The maximum atomic E-state index is 13.6. The third-order valence-electron chi connectivity index (χ3n) is 6.35. The van der Waals surface area contributed by atoms with E-state index in [0.717, 1.165) is 36.3 Å². The molecule has 11 heteroatoms. The molecule has 0 aliphatic carbocycles. The minimum Gasteiger partial charge on any atom is -0.464 e. The highest BCUT2D eigenvalue weighted by atomic mass is 32.2. The fourth-order valence-electron chi connectivity index (χ4n) is 4.59. The van der Waals surface area contributed by atoms with E-state index in [9.17, 15) is 22.4 Å². The van der Waals surface area contributed by atoms with Crippen LogP contribution in [0.2, 0.25) is 0 Å². The van der Waals surface area contributed by atoms with E-state index in [1.807, 2.05) is 11.8 Å². The van der Waals surface area contributed by atoms with Crippen molar-refractivity contribution in [3.05, 3.63) is 53.8 Å². The van der Waals surface area contributed by atoms with Crippen LogP contribution in [0, 0.1) is 5.82 Å². The van der Waals surface area contributed by atoms with E-state index < -0.39 is 16.1 Å². The molecule has 9 nitrogen and oxygen atoms in total. The summed E-state index contributed by atoms with van der Waals surface area (Å²) in [4.78, 5) is 29.7. The summed E-state index contributed by atoms with van der Waals surface area (Å²) >= 11 is 0. The fourth-order valence-corrected chi connectivity index (χ4v) is 5.43. The molecule has 0 spiro atoms. The summed E-state index contributed by atoms with van der Waals surface area (Å²) in [5.41, 5.74) is 2.64. The summed E-state index contributed by atoms with van der Waals surface area (Å²) in [5, 5.41) is 8.67. The Balaban J connectivity index is 1.38. The zero-order valence-corrected chi connectivity index (χ0v) is 19.6. The number of benzene rings is 2. The normalized spacial score (nSPS) is 17.2. The lowest BCUT2D eigenvalue weighted by atomic mass is 9.99. The number of anilines is 2. The topological polar surface area (TPSA) is 110 Å². The van der Waals surface area contributed by atoms with Crippen LogP contribution in [0.3, 0.4) is 0 Å². The molecule has 182 valence electrons. The summed E-state index contributed by atoms with van der Waals surface area (Å²) < 4.78 is 39.1. The van der Waals surface area contributed by atoms with Gasteiger partial charge in [-0.2, -0.15) is 0 Å². The summed E-state index contributed by atoms with van der Waals surface area (Å²) in [5.74, 6) is -0.238. The van der Waals surface area contributed by atoms with Crippen LogP contribution in [0.15, 0.2) is 47.4 Å². The van der Waals surface area contributed by atoms with Gasteiger partial charge in [0.05, 0.1) is 4.90 Å². The number of hydrogen-bond acceptors (Lipinski definition) is 6. The van der Waals surface area contributed by atoms with Crippen LogP contribution in [-0.2, 0) is 21.2 Å². The Morgan fingerprint density at radius 3 is 2.35 bits per heavy atom. The van der Waals surface area contributed by atoms with Crippen molar-refractivity contribution in [2.75, 3.05) is 42.5 Å². The number of halogens is 1. The number of nitrogens with zero attached hydrogens (tertiary/aromatic N) is 3. The summed E-state index contributed by atoms with van der Waals surface area (Å²) in [7, 11) is -4.12. The molecule has 2 heterocycles. The number of carboxylic acid groups (broad SMARTS) is 1. The van der Waals surface area contributed by atoms with Crippen molar-refractivity contribution in [1.82, 2.24) is 9.62 Å². The molecule has 0 radical (unpaired) electrons. The predicted octanol–water partition coefficient (Wildman–Crippen LogP) is 2.27. The second-order valence-electron chi connectivity index (χ2n) is 8.46. The van der Waals surface area contributed by atoms with Crippen molar-refractivity contribution >= 4 is 33.4 Å². The molecule has 34 heavy (non-hydrogen) atoms. The molecule has 0 saturated carbocycles. The first kappa shape index (κ1) is 23.8. The number of carbonyl (C=O) groups excluding carboxylic acids is 1. The number of hydrogen-bond donors (Lipinski definition) is 2.